The molecule has 0 atom stereocenters. The van der Waals surface area contributed by atoms with E-state index in [9.17, 15) is 4.79 Å². The van der Waals surface area contributed by atoms with Gasteiger partial charge in [-0.3, -0.25) is 4.79 Å². The van der Waals surface area contributed by atoms with Gasteiger partial charge in [0.2, 0.25) is 5.91 Å². The molecule has 0 radical (unpaired) electrons. The lowest BCUT2D eigenvalue weighted by Gasteiger charge is -2.06. The zero-order valence-electron chi connectivity index (χ0n) is 12.8. The van der Waals surface area contributed by atoms with Crippen LogP contribution in [0.5, 0.6) is 5.75 Å². The van der Waals surface area contributed by atoms with E-state index in [2.05, 4.69) is 10.3 Å². The van der Waals surface area contributed by atoms with Crippen LogP contribution in [-0.4, -0.2) is 38.3 Å². The number of aryl methyl sites for hydroxylation is 1. The molecule has 0 bridgehead atoms. The van der Waals surface area contributed by atoms with Crippen molar-refractivity contribution in [2.24, 2.45) is 0 Å². The Morgan fingerprint density at radius 1 is 1.33 bits per heavy atom. The van der Waals surface area contributed by atoms with Gasteiger partial charge >= 0.3 is 0 Å². The molecule has 21 heavy (non-hydrogen) atoms. The summed E-state index contributed by atoms with van der Waals surface area (Å²) >= 11 is 0. The first-order valence-corrected chi connectivity index (χ1v) is 7.06. The molecule has 0 spiro atoms. The number of aromatic nitrogens is 1. The van der Waals surface area contributed by atoms with Crippen LogP contribution in [0.2, 0.25) is 0 Å². The van der Waals surface area contributed by atoms with E-state index < -0.39 is 0 Å². The summed E-state index contributed by atoms with van der Waals surface area (Å²) in [6.07, 6.45) is 1.19. The van der Waals surface area contributed by atoms with Crippen molar-refractivity contribution < 1.29 is 14.3 Å². The van der Waals surface area contributed by atoms with Gasteiger partial charge in [0.25, 0.3) is 0 Å². The van der Waals surface area contributed by atoms with Crippen molar-refractivity contribution in [1.82, 2.24) is 10.3 Å². The molecule has 1 aromatic heterocycles. The molecule has 0 unspecified atom stereocenters. The van der Waals surface area contributed by atoms with E-state index in [1.54, 1.807) is 14.2 Å². The van der Waals surface area contributed by atoms with E-state index in [1.165, 1.54) is 0 Å². The second-order valence-electron chi connectivity index (χ2n) is 5.01. The van der Waals surface area contributed by atoms with Gasteiger partial charge in [-0.1, -0.05) is 0 Å². The monoisotopic (exact) mass is 290 g/mol. The summed E-state index contributed by atoms with van der Waals surface area (Å²) in [6, 6.07) is 5.85. The Balaban J connectivity index is 2.10. The SMILES string of the molecule is COCCCNC(=O)Cc1c(C)[nH]c2ccc(OC)cc12. The van der Waals surface area contributed by atoms with Crippen LogP contribution in [0.4, 0.5) is 0 Å². The first-order chi connectivity index (χ1) is 10.2. The number of H-pyrrole nitrogens is 1. The van der Waals surface area contributed by atoms with Crippen molar-refractivity contribution in [1.29, 1.82) is 0 Å². The molecular weight excluding hydrogens is 268 g/mol. The quantitative estimate of drug-likeness (QED) is 0.768. The molecule has 2 aromatic rings. The molecule has 1 heterocycles. The number of carbonyl (C=O) groups excluding carboxylic acids is 1. The fourth-order valence-electron chi connectivity index (χ4n) is 2.38. The highest BCUT2D eigenvalue weighted by Crippen LogP contribution is 2.26. The van der Waals surface area contributed by atoms with Crippen molar-refractivity contribution in [2.45, 2.75) is 19.8 Å². The maximum Gasteiger partial charge on any atom is 0.224 e. The highest BCUT2D eigenvalue weighted by Gasteiger charge is 2.13. The van der Waals surface area contributed by atoms with Gasteiger partial charge < -0.3 is 19.8 Å². The molecule has 2 N–H and O–H groups in total. The highest BCUT2D eigenvalue weighted by molar-refractivity contribution is 5.90. The maximum atomic E-state index is 12.0. The molecular formula is C16H22N2O3. The third kappa shape index (κ3) is 3.76. The number of benzene rings is 1. The van der Waals surface area contributed by atoms with Crippen LogP contribution < -0.4 is 10.1 Å². The summed E-state index contributed by atoms with van der Waals surface area (Å²) in [6.45, 7) is 3.28. The summed E-state index contributed by atoms with van der Waals surface area (Å²) < 4.78 is 10.2. The zero-order chi connectivity index (χ0) is 15.2. The first kappa shape index (κ1) is 15.4. The number of amides is 1. The number of fused-ring (bicyclic) bond motifs is 1. The number of hydrogen-bond acceptors (Lipinski definition) is 3. The third-order valence-corrected chi connectivity index (χ3v) is 3.51. The molecule has 5 nitrogen and oxygen atoms in total. The molecule has 0 aliphatic heterocycles. The van der Waals surface area contributed by atoms with E-state index >= 15 is 0 Å². The minimum absolute atomic E-state index is 0.0259. The van der Waals surface area contributed by atoms with Crippen molar-refractivity contribution in [3.63, 3.8) is 0 Å². The van der Waals surface area contributed by atoms with Crippen LogP contribution in [0.1, 0.15) is 17.7 Å². The number of ether oxygens (including phenoxy) is 2. The summed E-state index contributed by atoms with van der Waals surface area (Å²) in [4.78, 5) is 15.3. The highest BCUT2D eigenvalue weighted by atomic mass is 16.5. The molecule has 0 fully saturated rings. The molecule has 114 valence electrons. The van der Waals surface area contributed by atoms with Crippen LogP contribution in [0.25, 0.3) is 10.9 Å². The largest absolute Gasteiger partial charge is 0.497 e. The van der Waals surface area contributed by atoms with Crippen LogP contribution >= 0.6 is 0 Å². The summed E-state index contributed by atoms with van der Waals surface area (Å²) in [5.74, 6) is 0.821. The molecule has 1 aromatic carbocycles. The van der Waals surface area contributed by atoms with Gasteiger partial charge in [-0.05, 0) is 37.1 Å². The van der Waals surface area contributed by atoms with Crippen molar-refractivity contribution in [2.75, 3.05) is 27.4 Å². The maximum absolute atomic E-state index is 12.0. The number of methoxy groups -OCH3 is 2. The third-order valence-electron chi connectivity index (χ3n) is 3.51. The van der Waals surface area contributed by atoms with E-state index in [0.29, 0.717) is 19.6 Å². The Labute approximate surface area is 124 Å². The van der Waals surface area contributed by atoms with E-state index in [0.717, 1.165) is 34.3 Å². The number of carbonyl (C=O) groups is 1. The molecule has 1 amide bonds. The Morgan fingerprint density at radius 3 is 2.86 bits per heavy atom. The van der Waals surface area contributed by atoms with Gasteiger partial charge in [0, 0.05) is 36.9 Å². The second kappa shape index (κ2) is 7.13. The van der Waals surface area contributed by atoms with Crippen molar-refractivity contribution in [3.05, 3.63) is 29.5 Å². The van der Waals surface area contributed by atoms with Gasteiger partial charge in [0.05, 0.1) is 13.5 Å². The number of nitrogens with one attached hydrogen (secondary N) is 2. The number of aromatic amines is 1. The van der Waals surface area contributed by atoms with E-state index in [1.807, 2.05) is 25.1 Å². The molecule has 0 saturated carbocycles. The van der Waals surface area contributed by atoms with Crippen LogP contribution in [-0.2, 0) is 16.0 Å². The lowest BCUT2D eigenvalue weighted by molar-refractivity contribution is -0.120. The van der Waals surface area contributed by atoms with Gasteiger partial charge in [-0.25, -0.2) is 0 Å². The minimum atomic E-state index is 0.0259. The Bertz CT molecular complexity index is 619. The van der Waals surface area contributed by atoms with Gasteiger partial charge in [-0.2, -0.15) is 0 Å². The Hall–Kier alpha value is -2.01. The van der Waals surface area contributed by atoms with Gasteiger partial charge in [-0.15, -0.1) is 0 Å². The average molecular weight is 290 g/mol. The topological polar surface area (TPSA) is 63.3 Å². The van der Waals surface area contributed by atoms with Crippen LogP contribution in [0.3, 0.4) is 0 Å². The fraction of sp³-hybridized carbons (Fsp3) is 0.438. The molecule has 5 heteroatoms. The summed E-state index contributed by atoms with van der Waals surface area (Å²) in [7, 11) is 3.30. The predicted molar refractivity (Wildman–Crippen MR) is 82.8 cm³/mol. The van der Waals surface area contributed by atoms with Crippen LogP contribution in [0.15, 0.2) is 18.2 Å². The minimum Gasteiger partial charge on any atom is -0.497 e. The standard InChI is InChI=1S/C16H22N2O3/c1-11-13(10-16(19)17-7-4-8-20-2)14-9-12(21-3)5-6-15(14)18-11/h5-6,9,18H,4,7-8,10H2,1-3H3,(H,17,19). The normalized spacial score (nSPS) is 10.8. The fourth-order valence-corrected chi connectivity index (χ4v) is 2.38. The van der Waals surface area contributed by atoms with Crippen LogP contribution in [0, 0.1) is 6.92 Å². The number of hydrogen-bond donors (Lipinski definition) is 2. The molecule has 2 rings (SSSR count). The lowest BCUT2D eigenvalue weighted by Crippen LogP contribution is -2.26. The van der Waals surface area contributed by atoms with E-state index in [4.69, 9.17) is 9.47 Å². The predicted octanol–water partition coefficient (Wildman–Crippen LogP) is 2.18. The zero-order valence-corrected chi connectivity index (χ0v) is 12.8. The van der Waals surface area contributed by atoms with Crippen molar-refractivity contribution in [3.8, 4) is 5.75 Å². The second-order valence-corrected chi connectivity index (χ2v) is 5.01. The smallest absolute Gasteiger partial charge is 0.224 e. The summed E-state index contributed by atoms with van der Waals surface area (Å²) in [5.41, 5.74) is 3.06. The average Bonchev–Trinajstić information content (AvgIpc) is 2.79. The lowest BCUT2D eigenvalue weighted by atomic mass is 10.1. The summed E-state index contributed by atoms with van der Waals surface area (Å²) in [5, 5.41) is 3.95. The molecule has 0 aliphatic rings. The van der Waals surface area contributed by atoms with Gasteiger partial charge in [0.1, 0.15) is 5.75 Å². The number of rotatable bonds is 7. The Morgan fingerprint density at radius 2 is 2.14 bits per heavy atom. The Kier molecular flexibility index (Phi) is 5.22. The molecule has 0 saturated heterocycles. The first-order valence-electron chi connectivity index (χ1n) is 7.06. The molecule has 0 aliphatic carbocycles. The van der Waals surface area contributed by atoms with E-state index in [-0.39, 0.29) is 5.91 Å². The van der Waals surface area contributed by atoms with Gasteiger partial charge in [0.15, 0.2) is 0 Å². The van der Waals surface area contributed by atoms with Crippen molar-refractivity contribution >= 4 is 16.8 Å².